The van der Waals surface area contributed by atoms with Gasteiger partial charge in [0.15, 0.2) is 11.2 Å². The predicted octanol–water partition coefficient (Wildman–Crippen LogP) is 4.97. The summed E-state index contributed by atoms with van der Waals surface area (Å²) < 4.78 is 17.4. The highest BCUT2D eigenvalue weighted by Crippen LogP contribution is 2.88. The average molecular weight is 844 g/mol. The van der Waals surface area contributed by atoms with E-state index in [0.29, 0.717) is 45.3 Å². The van der Waals surface area contributed by atoms with E-state index in [-0.39, 0.29) is 57.8 Å². The third-order valence-corrected chi connectivity index (χ3v) is 17.9. The normalized spacial score (nSPS) is 31.6. The minimum absolute atomic E-state index is 0.0279. The second-order valence-electron chi connectivity index (χ2n) is 20.6. The lowest BCUT2D eigenvalue weighted by molar-refractivity contribution is -0.145. The van der Waals surface area contributed by atoms with E-state index in [4.69, 9.17) is 0 Å². The standard InChI is InChI=1S/C45H77N7O6S/c1-10-31-27-45(31,40(57)49-59(58)51(12-3)13-4)48-37(54)33-28-44(42(8,9)43(44)23-19-24-43)29-52(33)39(56)36(41(5,6)7)47-38(55)35(30-20-15-14-16-21-30)46-34(53)26-32-22-17-18-25-50(32)11-2/h30-33,35-36H,10-29H2,1-9H3,(H,46,53)(H,47,55)(H,48,54)(H,49,57). The minimum atomic E-state index is -1.75. The van der Waals surface area contributed by atoms with Gasteiger partial charge in [0.2, 0.25) is 23.6 Å². The van der Waals surface area contributed by atoms with Crippen molar-refractivity contribution in [1.29, 1.82) is 0 Å². The highest BCUT2D eigenvalue weighted by Gasteiger charge is 2.85. The van der Waals surface area contributed by atoms with Crippen molar-refractivity contribution in [3.8, 4) is 0 Å². The highest BCUT2D eigenvalue weighted by atomic mass is 32.2. The highest BCUT2D eigenvalue weighted by molar-refractivity contribution is 7.81. The van der Waals surface area contributed by atoms with Crippen LogP contribution in [0.1, 0.15) is 159 Å². The van der Waals surface area contributed by atoms with Gasteiger partial charge in [0.25, 0.3) is 5.91 Å². The van der Waals surface area contributed by atoms with Crippen molar-refractivity contribution in [3.05, 3.63) is 0 Å². The van der Waals surface area contributed by atoms with Crippen LogP contribution in [0.25, 0.3) is 0 Å². The van der Waals surface area contributed by atoms with Gasteiger partial charge in [-0.15, -0.1) is 0 Å². The van der Waals surface area contributed by atoms with E-state index in [2.05, 4.69) is 46.3 Å². The maximum Gasteiger partial charge on any atom is 0.258 e. The molecule has 2 aliphatic heterocycles. The molecule has 4 N–H and O–H groups in total. The Morgan fingerprint density at radius 1 is 0.847 bits per heavy atom. The quantitative estimate of drug-likeness (QED) is 0.171. The summed E-state index contributed by atoms with van der Waals surface area (Å²) in [5.41, 5.74) is -2.24. The molecular weight excluding hydrogens is 767 g/mol. The molecule has 14 heteroatoms. The molecule has 6 fully saturated rings. The van der Waals surface area contributed by atoms with Gasteiger partial charge in [-0.05, 0) is 92.5 Å². The molecule has 4 saturated carbocycles. The Kier molecular flexibility index (Phi) is 13.7. The maximum atomic E-state index is 15.3. The molecule has 334 valence electrons. The molecule has 4 aliphatic carbocycles. The molecule has 6 rings (SSSR count). The first-order valence-corrected chi connectivity index (χ1v) is 24.4. The number of fused-ring (bicyclic) bond motifs is 1. The molecule has 0 aromatic heterocycles. The fourth-order valence-corrected chi connectivity index (χ4v) is 13.4. The van der Waals surface area contributed by atoms with E-state index in [0.717, 1.165) is 83.7 Å². The van der Waals surface area contributed by atoms with Gasteiger partial charge >= 0.3 is 0 Å². The molecule has 5 amide bonds. The van der Waals surface area contributed by atoms with E-state index >= 15 is 4.79 Å². The van der Waals surface area contributed by atoms with E-state index in [1.807, 2.05) is 41.5 Å². The van der Waals surface area contributed by atoms with Crippen LogP contribution in [0.15, 0.2) is 0 Å². The molecule has 2 heterocycles. The summed E-state index contributed by atoms with van der Waals surface area (Å²) in [6.07, 6.45) is 13.1. The van der Waals surface area contributed by atoms with Crippen molar-refractivity contribution in [2.24, 2.45) is 33.5 Å². The van der Waals surface area contributed by atoms with Gasteiger partial charge in [0, 0.05) is 37.5 Å². The van der Waals surface area contributed by atoms with Gasteiger partial charge in [-0.1, -0.05) is 101 Å². The van der Waals surface area contributed by atoms with Gasteiger partial charge in [0.1, 0.15) is 23.7 Å². The lowest BCUT2D eigenvalue weighted by Crippen LogP contribution is -2.62. The first-order valence-electron chi connectivity index (χ1n) is 23.3. The summed E-state index contributed by atoms with van der Waals surface area (Å²) in [5.74, 6) is -1.75. The SMILES string of the molecule is CCC1CC1(NC(=O)C1CC2(CN1C(=O)C(NC(=O)C(NC(=O)CC1CCCCN1CC)C1CCCCC1)C(C)(C)C)C(C)(C)C21CCC1)C(=O)NS(=O)N(CC)CC. The molecule has 0 aromatic carbocycles. The summed E-state index contributed by atoms with van der Waals surface area (Å²) in [5, 5.41) is 9.50. The molecular formula is C45H77N7O6S. The average Bonchev–Trinajstić information content (AvgIpc) is 3.91. The first-order chi connectivity index (χ1) is 27.9. The molecule has 0 bridgehead atoms. The number of hydrogen-bond donors (Lipinski definition) is 4. The molecule has 59 heavy (non-hydrogen) atoms. The second-order valence-corrected chi connectivity index (χ2v) is 21.8. The van der Waals surface area contributed by atoms with Crippen LogP contribution in [-0.2, 0) is 35.1 Å². The zero-order valence-electron chi connectivity index (χ0n) is 37.8. The summed E-state index contributed by atoms with van der Waals surface area (Å²) in [4.78, 5) is 76.4. The predicted molar refractivity (Wildman–Crippen MR) is 230 cm³/mol. The Morgan fingerprint density at radius 2 is 1.51 bits per heavy atom. The van der Waals surface area contributed by atoms with Gasteiger partial charge in [-0.25, -0.2) is 8.51 Å². The fraction of sp³-hybridized carbons (Fsp3) is 0.889. The number of likely N-dealkylation sites (tertiary alicyclic amines) is 2. The largest absolute Gasteiger partial charge is 0.344 e. The smallest absolute Gasteiger partial charge is 0.258 e. The summed E-state index contributed by atoms with van der Waals surface area (Å²) >= 11 is -1.75. The van der Waals surface area contributed by atoms with E-state index in [1.54, 1.807) is 9.21 Å². The number of carbonyl (C=O) groups excluding carboxylic acids is 5. The Hall–Kier alpha value is -2.58. The zero-order valence-corrected chi connectivity index (χ0v) is 38.6. The Bertz CT molecular complexity index is 1620. The lowest BCUT2D eigenvalue weighted by atomic mass is 9.73. The minimum Gasteiger partial charge on any atom is -0.344 e. The maximum absolute atomic E-state index is 15.3. The molecule has 6 aliphatic rings. The van der Waals surface area contributed by atoms with Crippen molar-refractivity contribution >= 4 is 40.7 Å². The van der Waals surface area contributed by atoms with Crippen molar-refractivity contribution in [2.75, 3.05) is 32.7 Å². The van der Waals surface area contributed by atoms with Crippen molar-refractivity contribution in [2.45, 2.75) is 188 Å². The van der Waals surface area contributed by atoms with Crippen molar-refractivity contribution in [3.63, 3.8) is 0 Å². The number of rotatable bonds is 16. The molecule has 0 aromatic rings. The number of piperidine rings is 1. The second kappa shape index (κ2) is 17.7. The van der Waals surface area contributed by atoms with Crippen LogP contribution in [-0.4, -0.2) is 110 Å². The van der Waals surface area contributed by atoms with E-state index in [9.17, 15) is 23.4 Å². The number of nitrogens with one attached hydrogen (secondary N) is 4. The van der Waals surface area contributed by atoms with Crippen LogP contribution >= 0.6 is 0 Å². The molecule has 8 unspecified atom stereocenters. The Labute approximate surface area is 357 Å². The Morgan fingerprint density at radius 3 is 2.05 bits per heavy atom. The van der Waals surface area contributed by atoms with Gasteiger partial charge in [-0.3, -0.25) is 28.7 Å². The third-order valence-electron chi connectivity index (χ3n) is 16.6. The molecule has 2 spiro atoms. The number of amides is 5. The monoisotopic (exact) mass is 844 g/mol. The summed E-state index contributed by atoms with van der Waals surface area (Å²) in [6, 6.07) is -2.41. The fourth-order valence-electron chi connectivity index (χ4n) is 12.4. The van der Waals surface area contributed by atoms with Crippen LogP contribution in [0.4, 0.5) is 0 Å². The number of hydrogen-bond acceptors (Lipinski definition) is 7. The molecule has 0 radical (unpaired) electrons. The van der Waals surface area contributed by atoms with Crippen LogP contribution in [0.3, 0.4) is 0 Å². The van der Waals surface area contributed by atoms with Crippen LogP contribution in [0, 0.1) is 33.5 Å². The number of nitrogens with zero attached hydrogens (tertiary/aromatic N) is 3. The summed E-state index contributed by atoms with van der Waals surface area (Å²) in [6.45, 7) is 21.5. The van der Waals surface area contributed by atoms with Crippen molar-refractivity contribution < 1.29 is 28.2 Å². The van der Waals surface area contributed by atoms with Crippen LogP contribution < -0.4 is 20.7 Å². The van der Waals surface area contributed by atoms with Crippen molar-refractivity contribution in [1.82, 2.24) is 34.8 Å². The van der Waals surface area contributed by atoms with E-state index < -0.39 is 46.2 Å². The van der Waals surface area contributed by atoms with E-state index in [1.165, 1.54) is 0 Å². The van der Waals surface area contributed by atoms with Crippen LogP contribution in [0.2, 0.25) is 0 Å². The van der Waals surface area contributed by atoms with Gasteiger partial charge in [-0.2, -0.15) is 0 Å². The third kappa shape index (κ3) is 8.37. The topological polar surface area (TPSA) is 160 Å². The van der Waals surface area contributed by atoms with Crippen LogP contribution in [0.5, 0.6) is 0 Å². The molecule has 8 atom stereocenters. The number of carbonyl (C=O) groups is 5. The Balaban J connectivity index is 1.25. The lowest BCUT2D eigenvalue weighted by Gasteiger charge is -2.38. The molecule has 2 saturated heterocycles. The van der Waals surface area contributed by atoms with Gasteiger partial charge in [0.05, 0.1) is 0 Å². The molecule has 13 nitrogen and oxygen atoms in total. The first kappa shape index (κ1) is 45.9. The van der Waals surface area contributed by atoms with Gasteiger partial charge < -0.3 is 25.8 Å². The zero-order chi connectivity index (χ0) is 43.1. The summed E-state index contributed by atoms with van der Waals surface area (Å²) in [7, 11) is 0.